The third-order valence-corrected chi connectivity index (χ3v) is 2.40. The van der Waals surface area contributed by atoms with E-state index in [9.17, 15) is 14.9 Å². The third-order valence-electron chi connectivity index (χ3n) is 2.40. The lowest BCUT2D eigenvalue weighted by Gasteiger charge is -2.13. The Hall–Kier alpha value is -2.31. The molecule has 0 aliphatic rings. The molecule has 0 amide bonds. The number of rotatable bonds is 7. The van der Waals surface area contributed by atoms with E-state index in [-0.39, 0.29) is 35.5 Å². The molecule has 0 aliphatic heterocycles. The van der Waals surface area contributed by atoms with Crippen molar-refractivity contribution >= 4 is 11.7 Å². The molecule has 0 radical (unpaired) electrons. The second kappa shape index (κ2) is 7.47. The summed E-state index contributed by atoms with van der Waals surface area (Å²) in [6.07, 6.45) is -0.321. The van der Waals surface area contributed by atoms with Gasteiger partial charge in [-0.25, -0.2) is 4.79 Å². The van der Waals surface area contributed by atoms with E-state index in [0.29, 0.717) is 6.61 Å². The summed E-state index contributed by atoms with van der Waals surface area (Å²) in [5, 5.41) is 11.2. The van der Waals surface area contributed by atoms with Crippen molar-refractivity contribution < 1.29 is 23.9 Å². The van der Waals surface area contributed by atoms with Crippen molar-refractivity contribution in [3.8, 4) is 11.5 Å². The van der Waals surface area contributed by atoms with Crippen LogP contribution in [0.1, 0.15) is 38.1 Å². The van der Waals surface area contributed by atoms with Crippen LogP contribution < -0.4 is 9.47 Å². The molecule has 0 bridgehead atoms. The average molecular weight is 297 g/mol. The summed E-state index contributed by atoms with van der Waals surface area (Å²) in [6, 6.07) is 2.53. The number of hydrogen-bond acceptors (Lipinski definition) is 6. The predicted octanol–water partition coefficient (Wildman–Crippen LogP) is 2.96. The van der Waals surface area contributed by atoms with Crippen LogP contribution in [0.4, 0.5) is 5.69 Å². The smallest absolute Gasteiger partial charge is 0.338 e. The first kappa shape index (κ1) is 16.7. The van der Waals surface area contributed by atoms with Gasteiger partial charge in [-0.2, -0.15) is 0 Å². The summed E-state index contributed by atoms with van der Waals surface area (Å²) < 4.78 is 15.7. The van der Waals surface area contributed by atoms with Crippen molar-refractivity contribution in [2.24, 2.45) is 0 Å². The van der Waals surface area contributed by atoms with E-state index >= 15 is 0 Å². The molecule has 0 saturated carbocycles. The van der Waals surface area contributed by atoms with Gasteiger partial charge in [0.15, 0.2) is 5.75 Å². The maximum atomic E-state index is 11.9. The molecule has 0 N–H and O–H groups in total. The SMILES string of the molecule is CCOc1cc(C(=O)OC(C)C)cc([N+](=O)[O-])c1OCC. The Morgan fingerprint density at radius 3 is 2.33 bits per heavy atom. The van der Waals surface area contributed by atoms with Crippen LogP contribution in [0.2, 0.25) is 0 Å². The summed E-state index contributed by atoms with van der Waals surface area (Å²) in [6.45, 7) is 7.38. The molecule has 21 heavy (non-hydrogen) atoms. The number of nitro benzene ring substituents is 1. The summed E-state index contributed by atoms with van der Waals surface area (Å²) in [5.74, 6) is -0.466. The minimum Gasteiger partial charge on any atom is -0.490 e. The molecule has 116 valence electrons. The van der Waals surface area contributed by atoms with E-state index in [2.05, 4.69) is 0 Å². The van der Waals surface area contributed by atoms with E-state index < -0.39 is 10.9 Å². The fourth-order valence-corrected chi connectivity index (χ4v) is 1.68. The van der Waals surface area contributed by atoms with E-state index in [1.54, 1.807) is 27.7 Å². The molecule has 1 aromatic rings. The van der Waals surface area contributed by atoms with Gasteiger partial charge in [0.25, 0.3) is 0 Å². The Kier molecular flexibility index (Phi) is 5.95. The first-order valence-corrected chi connectivity index (χ1v) is 6.69. The monoisotopic (exact) mass is 297 g/mol. The zero-order valence-corrected chi connectivity index (χ0v) is 12.5. The van der Waals surface area contributed by atoms with Gasteiger partial charge in [0, 0.05) is 6.07 Å². The molecular formula is C14H19NO6. The molecule has 0 spiro atoms. The van der Waals surface area contributed by atoms with Gasteiger partial charge in [-0.15, -0.1) is 0 Å². The van der Waals surface area contributed by atoms with Crippen LogP contribution in [0.15, 0.2) is 12.1 Å². The first-order valence-electron chi connectivity index (χ1n) is 6.69. The highest BCUT2D eigenvalue weighted by molar-refractivity contribution is 5.91. The number of carbonyl (C=O) groups excluding carboxylic acids is 1. The Morgan fingerprint density at radius 1 is 1.24 bits per heavy atom. The Balaban J connectivity index is 3.35. The Bertz CT molecular complexity index is 526. The number of hydrogen-bond donors (Lipinski definition) is 0. The van der Waals surface area contributed by atoms with Crippen LogP contribution >= 0.6 is 0 Å². The van der Waals surface area contributed by atoms with Crippen LogP contribution in [-0.2, 0) is 4.74 Å². The zero-order chi connectivity index (χ0) is 16.0. The zero-order valence-electron chi connectivity index (χ0n) is 12.5. The summed E-state index contributed by atoms with van der Waals surface area (Å²) in [7, 11) is 0. The van der Waals surface area contributed by atoms with Crippen molar-refractivity contribution in [3.63, 3.8) is 0 Å². The first-order chi connectivity index (χ1) is 9.90. The topological polar surface area (TPSA) is 87.9 Å². The maximum absolute atomic E-state index is 11.9. The van der Waals surface area contributed by atoms with Crippen molar-refractivity contribution in [2.75, 3.05) is 13.2 Å². The predicted molar refractivity (Wildman–Crippen MR) is 76.0 cm³/mol. The van der Waals surface area contributed by atoms with Gasteiger partial charge in [-0.1, -0.05) is 0 Å². The Morgan fingerprint density at radius 2 is 1.86 bits per heavy atom. The van der Waals surface area contributed by atoms with Gasteiger partial charge >= 0.3 is 11.7 Å². The molecule has 0 aromatic heterocycles. The normalized spacial score (nSPS) is 10.3. The van der Waals surface area contributed by atoms with Crippen LogP contribution in [0.5, 0.6) is 11.5 Å². The molecule has 0 saturated heterocycles. The lowest BCUT2D eigenvalue weighted by molar-refractivity contribution is -0.386. The highest BCUT2D eigenvalue weighted by Crippen LogP contribution is 2.38. The van der Waals surface area contributed by atoms with E-state index in [4.69, 9.17) is 14.2 Å². The van der Waals surface area contributed by atoms with E-state index in [1.165, 1.54) is 6.07 Å². The molecule has 1 rings (SSSR count). The molecule has 0 aliphatic carbocycles. The quantitative estimate of drug-likeness (QED) is 0.437. The average Bonchev–Trinajstić information content (AvgIpc) is 2.39. The van der Waals surface area contributed by atoms with Crippen LogP contribution in [0.25, 0.3) is 0 Å². The van der Waals surface area contributed by atoms with E-state index in [0.717, 1.165) is 6.07 Å². The highest BCUT2D eigenvalue weighted by atomic mass is 16.6. The minimum atomic E-state index is -0.642. The van der Waals surface area contributed by atoms with E-state index in [1.807, 2.05) is 0 Å². The fraction of sp³-hybridized carbons (Fsp3) is 0.500. The molecule has 0 atom stereocenters. The second-order valence-electron chi connectivity index (χ2n) is 4.40. The molecule has 7 heteroatoms. The number of carbonyl (C=O) groups is 1. The number of benzene rings is 1. The summed E-state index contributed by atoms with van der Waals surface area (Å²) >= 11 is 0. The number of nitro groups is 1. The maximum Gasteiger partial charge on any atom is 0.338 e. The molecule has 7 nitrogen and oxygen atoms in total. The molecule has 1 aromatic carbocycles. The standard InChI is InChI=1S/C14H19NO6/c1-5-19-12-8-10(14(16)21-9(3)4)7-11(15(17)18)13(12)20-6-2/h7-9H,5-6H2,1-4H3. The van der Waals surface area contributed by atoms with Crippen LogP contribution in [0.3, 0.4) is 0 Å². The minimum absolute atomic E-state index is 0.0189. The highest BCUT2D eigenvalue weighted by Gasteiger charge is 2.25. The summed E-state index contributed by atoms with van der Waals surface area (Å²) in [5.41, 5.74) is -0.263. The largest absolute Gasteiger partial charge is 0.490 e. The number of esters is 1. The second-order valence-corrected chi connectivity index (χ2v) is 4.40. The third kappa shape index (κ3) is 4.34. The van der Waals surface area contributed by atoms with Gasteiger partial charge in [-0.05, 0) is 33.8 Å². The lowest BCUT2D eigenvalue weighted by Crippen LogP contribution is -2.13. The summed E-state index contributed by atoms with van der Waals surface area (Å²) in [4.78, 5) is 22.5. The number of nitrogens with zero attached hydrogens (tertiary/aromatic N) is 1. The fourth-order valence-electron chi connectivity index (χ4n) is 1.68. The van der Waals surface area contributed by atoms with Crippen molar-refractivity contribution in [1.29, 1.82) is 0 Å². The van der Waals surface area contributed by atoms with Gasteiger partial charge in [-0.3, -0.25) is 10.1 Å². The Labute approximate surface area is 123 Å². The van der Waals surface area contributed by atoms with Gasteiger partial charge in [0.2, 0.25) is 5.75 Å². The van der Waals surface area contributed by atoms with Gasteiger partial charge < -0.3 is 14.2 Å². The van der Waals surface area contributed by atoms with Gasteiger partial charge in [0.05, 0.1) is 29.8 Å². The molecule has 0 fully saturated rings. The van der Waals surface area contributed by atoms with Crippen molar-refractivity contribution in [2.45, 2.75) is 33.8 Å². The molecule has 0 unspecified atom stereocenters. The lowest BCUT2D eigenvalue weighted by atomic mass is 10.1. The molecular weight excluding hydrogens is 278 g/mol. The van der Waals surface area contributed by atoms with Crippen LogP contribution in [-0.4, -0.2) is 30.2 Å². The van der Waals surface area contributed by atoms with Crippen LogP contribution in [0, 0.1) is 10.1 Å². The van der Waals surface area contributed by atoms with Gasteiger partial charge in [0.1, 0.15) is 0 Å². The number of ether oxygens (including phenoxy) is 3. The van der Waals surface area contributed by atoms with Crippen molar-refractivity contribution in [1.82, 2.24) is 0 Å². The van der Waals surface area contributed by atoms with Crippen molar-refractivity contribution in [3.05, 3.63) is 27.8 Å². The molecule has 0 heterocycles.